The third-order valence-electron chi connectivity index (χ3n) is 3.87. The van der Waals surface area contributed by atoms with Crippen molar-refractivity contribution in [3.8, 4) is 11.3 Å². The molecule has 104 valence electrons. The molecule has 4 nitrogen and oxygen atoms in total. The maximum atomic E-state index is 4.78. The zero-order valence-electron chi connectivity index (χ0n) is 12.2. The number of H-pyrrole nitrogens is 1. The van der Waals surface area contributed by atoms with Crippen LogP contribution in [0.2, 0.25) is 0 Å². The van der Waals surface area contributed by atoms with Crippen molar-refractivity contribution < 1.29 is 0 Å². The Kier molecular flexibility index (Phi) is 3.30. The lowest BCUT2D eigenvalue weighted by atomic mass is 10.0. The van der Waals surface area contributed by atoms with Gasteiger partial charge in [-0.3, -0.25) is 4.68 Å². The first-order chi connectivity index (χ1) is 9.70. The zero-order valence-corrected chi connectivity index (χ0v) is 12.2. The Morgan fingerprint density at radius 2 is 2.10 bits per heavy atom. The van der Waals surface area contributed by atoms with Gasteiger partial charge in [0.2, 0.25) is 0 Å². The highest BCUT2D eigenvalue weighted by Crippen LogP contribution is 2.27. The molecule has 1 unspecified atom stereocenters. The summed E-state index contributed by atoms with van der Waals surface area (Å²) in [7, 11) is 0. The molecule has 0 spiro atoms. The highest BCUT2D eigenvalue weighted by Gasteiger charge is 2.15. The van der Waals surface area contributed by atoms with Gasteiger partial charge >= 0.3 is 0 Å². The Balaban J connectivity index is 2.04. The van der Waals surface area contributed by atoms with Crippen LogP contribution >= 0.6 is 0 Å². The van der Waals surface area contributed by atoms with Crippen LogP contribution in [-0.2, 0) is 0 Å². The molecule has 0 aliphatic carbocycles. The Bertz CT molecular complexity index is 708. The summed E-state index contributed by atoms with van der Waals surface area (Å²) in [6.07, 6.45) is 6.92. The van der Waals surface area contributed by atoms with Crippen molar-refractivity contribution in [2.75, 3.05) is 0 Å². The maximum absolute atomic E-state index is 4.78. The largest absolute Gasteiger partial charge is 0.346 e. The lowest BCUT2D eigenvalue weighted by molar-refractivity contribution is 0.337. The van der Waals surface area contributed by atoms with Crippen molar-refractivity contribution >= 4 is 11.0 Å². The topological polar surface area (TPSA) is 46.5 Å². The molecule has 20 heavy (non-hydrogen) atoms. The lowest BCUT2D eigenvalue weighted by Gasteiger charge is -2.19. The number of hydrogen-bond donors (Lipinski definition) is 1. The Labute approximate surface area is 118 Å². The van der Waals surface area contributed by atoms with Gasteiger partial charge in [-0.2, -0.15) is 5.10 Å². The molecule has 0 bridgehead atoms. The summed E-state index contributed by atoms with van der Waals surface area (Å²) in [6.45, 7) is 6.70. The summed E-state index contributed by atoms with van der Waals surface area (Å²) < 4.78 is 2.10. The highest BCUT2D eigenvalue weighted by atomic mass is 15.3. The predicted molar refractivity (Wildman–Crippen MR) is 81.5 cm³/mol. The monoisotopic (exact) mass is 268 g/mol. The van der Waals surface area contributed by atoms with E-state index in [9.17, 15) is 0 Å². The van der Waals surface area contributed by atoms with Crippen LogP contribution in [0.4, 0.5) is 0 Å². The van der Waals surface area contributed by atoms with E-state index in [1.54, 1.807) is 0 Å². The number of aromatic amines is 1. The van der Waals surface area contributed by atoms with E-state index < -0.39 is 0 Å². The van der Waals surface area contributed by atoms with Crippen LogP contribution in [0.5, 0.6) is 0 Å². The molecular weight excluding hydrogens is 248 g/mol. The first kappa shape index (κ1) is 12.9. The minimum atomic E-state index is 0.451. The van der Waals surface area contributed by atoms with Gasteiger partial charge in [0.15, 0.2) is 0 Å². The quantitative estimate of drug-likeness (QED) is 0.776. The van der Waals surface area contributed by atoms with Crippen molar-refractivity contribution in [2.45, 2.75) is 33.2 Å². The SMILES string of the molecule is CCC(C(C)C)n1ccc(-c2ccnc3[nH]ccc23)n1. The molecule has 3 heterocycles. The van der Waals surface area contributed by atoms with Crippen LogP contribution < -0.4 is 0 Å². The second kappa shape index (κ2) is 5.12. The molecule has 0 fully saturated rings. The molecule has 3 aromatic rings. The minimum absolute atomic E-state index is 0.451. The summed E-state index contributed by atoms with van der Waals surface area (Å²) in [5.41, 5.74) is 3.05. The van der Waals surface area contributed by atoms with Gasteiger partial charge in [-0.1, -0.05) is 20.8 Å². The van der Waals surface area contributed by atoms with Crippen molar-refractivity contribution in [1.29, 1.82) is 0 Å². The van der Waals surface area contributed by atoms with E-state index in [1.165, 1.54) is 0 Å². The Morgan fingerprint density at radius 3 is 2.85 bits per heavy atom. The van der Waals surface area contributed by atoms with E-state index in [2.05, 4.69) is 53.8 Å². The molecule has 0 aliphatic heterocycles. The van der Waals surface area contributed by atoms with Crippen molar-refractivity contribution in [2.24, 2.45) is 5.92 Å². The van der Waals surface area contributed by atoms with Gasteiger partial charge in [-0.15, -0.1) is 0 Å². The second-order valence-electron chi connectivity index (χ2n) is 5.50. The molecule has 0 aromatic carbocycles. The number of nitrogens with zero attached hydrogens (tertiary/aromatic N) is 3. The third-order valence-corrected chi connectivity index (χ3v) is 3.87. The van der Waals surface area contributed by atoms with E-state index in [0.29, 0.717) is 12.0 Å². The summed E-state index contributed by atoms with van der Waals surface area (Å²) in [4.78, 5) is 7.47. The fraction of sp³-hybridized carbons (Fsp3) is 0.375. The first-order valence-corrected chi connectivity index (χ1v) is 7.18. The number of rotatable bonds is 4. The van der Waals surface area contributed by atoms with Crippen LogP contribution in [0, 0.1) is 5.92 Å². The zero-order chi connectivity index (χ0) is 14.1. The molecule has 1 atom stereocenters. The maximum Gasteiger partial charge on any atom is 0.137 e. The number of hydrogen-bond acceptors (Lipinski definition) is 2. The molecule has 3 aromatic heterocycles. The standard InChI is InChI=1S/C16H20N4/c1-4-15(11(2)3)20-10-7-14(19-20)12-5-8-17-16-13(12)6-9-18-16/h5-11,15H,4H2,1-3H3,(H,17,18). The van der Waals surface area contributed by atoms with E-state index >= 15 is 0 Å². The van der Waals surface area contributed by atoms with E-state index in [4.69, 9.17) is 5.10 Å². The average molecular weight is 268 g/mol. The van der Waals surface area contributed by atoms with Crippen LogP contribution in [0.15, 0.2) is 36.8 Å². The fourth-order valence-electron chi connectivity index (χ4n) is 2.81. The average Bonchev–Trinajstić information content (AvgIpc) is 3.07. The van der Waals surface area contributed by atoms with Gasteiger partial charge in [-0.05, 0) is 30.5 Å². The number of pyridine rings is 1. The van der Waals surface area contributed by atoms with Gasteiger partial charge < -0.3 is 4.98 Å². The van der Waals surface area contributed by atoms with Crippen molar-refractivity contribution in [1.82, 2.24) is 19.7 Å². The first-order valence-electron chi connectivity index (χ1n) is 7.18. The summed E-state index contributed by atoms with van der Waals surface area (Å²) >= 11 is 0. The molecule has 0 radical (unpaired) electrons. The van der Waals surface area contributed by atoms with Crippen LogP contribution in [-0.4, -0.2) is 19.7 Å². The van der Waals surface area contributed by atoms with Crippen LogP contribution in [0.3, 0.4) is 0 Å². The number of nitrogens with one attached hydrogen (secondary N) is 1. The fourth-order valence-corrected chi connectivity index (χ4v) is 2.81. The van der Waals surface area contributed by atoms with Gasteiger partial charge in [-0.25, -0.2) is 4.98 Å². The minimum Gasteiger partial charge on any atom is -0.346 e. The third kappa shape index (κ3) is 2.11. The molecule has 0 saturated heterocycles. The van der Waals surface area contributed by atoms with Crippen molar-refractivity contribution in [3.63, 3.8) is 0 Å². The van der Waals surface area contributed by atoms with Gasteiger partial charge in [0.1, 0.15) is 5.65 Å². The summed E-state index contributed by atoms with van der Waals surface area (Å²) in [5.74, 6) is 0.581. The van der Waals surface area contributed by atoms with Crippen molar-refractivity contribution in [3.05, 3.63) is 36.8 Å². The smallest absolute Gasteiger partial charge is 0.137 e. The predicted octanol–water partition coefficient (Wildman–Crippen LogP) is 4.03. The summed E-state index contributed by atoms with van der Waals surface area (Å²) in [6, 6.07) is 6.62. The van der Waals surface area contributed by atoms with Gasteiger partial charge in [0.25, 0.3) is 0 Å². The van der Waals surface area contributed by atoms with E-state index in [-0.39, 0.29) is 0 Å². The highest BCUT2D eigenvalue weighted by molar-refractivity contribution is 5.91. The van der Waals surface area contributed by atoms with E-state index in [1.807, 2.05) is 18.5 Å². The molecule has 0 saturated carbocycles. The van der Waals surface area contributed by atoms with Gasteiger partial charge in [0.05, 0.1) is 11.7 Å². The lowest BCUT2D eigenvalue weighted by Crippen LogP contribution is -2.14. The molecule has 0 amide bonds. The molecular formula is C16H20N4. The van der Waals surface area contributed by atoms with Gasteiger partial charge in [0, 0.05) is 29.5 Å². The van der Waals surface area contributed by atoms with Crippen LogP contribution in [0.25, 0.3) is 22.3 Å². The number of fused-ring (bicyclic) bond motifs is 1. The molecule has 1 N–H and O–H groups in total. The Morgan fingerprint density at radius 1 is 1.25 bits per heavy atom. The number of aromatic nitrogens is 4. The molecule has 4 heteroatoms. The second-order valence-corrected chi connectivity index (χ2v) is 5.50. The molecule has 3 rings (SSSR count). The molecule has 0 aliphatic rings. The normalized spacial score (nSPS) is 13.2. The van der Waals surface area contributed by atoms with Crippen LogP contribution in [0.1, 0.15) is 33.2 Å². The summed E-state index contributed by atoms with van der Waals surface area (Å²) in [5, 5.41) is 5.90. The van der Waals surface area contributed by atoms with E-state index in [0.717, 1.165) is 28.7 Å². The Hall–Kier alpha value is -2.10.